The Morgan fingerprint density at radius 2 is 1.73 bits per heavy atom. The lowest BCUT2D eigenvalue weighted by Gasteiger charge is -2.38. The van der Waals surface area contributed by atoms with Crippen LogP contribution < -0.4 is 5.14 Å². The van der Waals surface area contributed by atoms with Crippen LogP contribution in [0.3, 0.4) is 0 Å². The molecule has 2 bridgehead atoms. The Morgan fingerprint density at radius 1 is 1.18 bits per heavy atom. The monoisotopic (exact) mass is 340 g/mol. The van der Waals surface area contributed by atoms with Crippen LogP contribution in [-0.2, 0) is 10.0 Å². The summed E-state index contributed by atoms with van der Waals surface area (Å²) < 4.78 is 22.6. The minimum atomic E-state index is -3.72. The predicted octanol–water partition coefficient (Wildman–Crippen LogP) is 1.83. The van der Waals surface area contributed by atoms with Crippen molar-refractivity contribution in [1.29, 1.82) is 0 Å². The Morgan fingerprint density at radius 3 is 2.18 bits per heavy atom. The standard InChI is InChI=1S/C15H20N2O3S2/c1-21-13-8-11-4-5-12(9-13)17(11)15(18)10-2-6-14(7-3-10)22(16,19)20/h2-3,6-7,11-13H,4-5,8-9H2,1H3,(H2,16,19,20). The molecule has 0 aromatic heterocycles. The quantitative estimate of drug-likeness (QED) is 0.910. The highest BCUT2D eigenvalue weighted by Crippen LogP contribution is 2.40. The maximum absolute atomic E-state index is 12.8. The molecule has 22 heavy (non-hydrogen) atoms. The average molecular weight is 340 g/mol. The van der Waals surface area contributed by atoms with Gasteiger partial charge in [-0.1, -0.05) is 0 Å². The first-order valence-corrected chi connectivity index (χ1v) is 10.2. The molecule has 7 heteroatoms. The van der Waals surface area contributed by atoms with Crippen LogP contribution in [0.1, 0.15) is 36.0 Å². The summed E-state index contributed by atoms with van der Waals surface area (Å²) in [6, 6.07) is 6.56. The first kappa shape index (κ1) is 15.8. The topological polar surface area (TPSA) is 80.5 Å². The van der Waals surface area contributed by atoms with Gasteiger partial charge >= 0.3 is 0 Å². The first-order valence-electron chi connectivity index (χ1n) is 7.38. The van der Waals surface area contributed by atoms with E-state index in [1.54, 1.807) is 12.1 Å². The highest BCUT2D eigenvalue weighted by Gasteiger charge is 2.43. The van der Waals surface area contributed by atoms with Gasteiger partial charge in [-0.2, -0.15) is 11.8 Å². The molecule has 2 fully saturated rings. The molecule has 1 amide bonds. The Labute approximate surface area is 135 Å². The molecular formula is C15H20N2O3S2. The van der Waals surface area contributed by atoms with Gasteiger partial charge in [0.25, 0.3) is 5.91 Å². The molecule has 0 saturated carbocycles. The molecule has 0 spiro atoms. The zero-order chi connectivity index (χ0) is 15.9. The van der Waals surface area contributed by atoms with Gasteiger partial charge in [0, 0.05) is 22.9 Å². The lowest BCUT2D eigenvalue weighted by atomic mass is 10.0. The molecule has 2 saturated heterocycles. The molecule has 120 valence electrons. The Hall–Kier alpha value is -1.05. The van der Waals surface area contributed by atoms with Crippen molar-refractivity contribution in [3.63, 3.8) is 0 Å². The van der Waals surface area contributed by atoms with Gasteiger partial charge in [0.1, 0.15) is 0 Å². The molecule has 0 radical (unpaired) electrons. The van der Waals surface area contributed by atoms with E-state index in [2.05, 4.69) is 6.26 Å². The SMILES string of the molecule is CSC1CC2CCC(C1)N2C(=O)c1ccc(S(N)(=O)=O)cc1. The summed E-state index contributed by atoms with van der Waals surface area (Å²) in [5, 5.41) is 5.73. The third-order valence-electron chi connectivity index (χ3n) is 4.69. The smallest absolute Gasteiger partial charge is 0.254 e. The third kappa shape index (κ3) is 2.89. The molecule has 2 N–H and O–H groups in total. The maximum atomic E-state index is 12.8. The highest BCUT2D eigenvalue weighted by molar-refractivity contribution is 7.99. The van der Waals surface area contributed by atoms with Crippen molar-refractivity contribution in [2.24, 2.45) is 5.14 Å². The molecule has 5 nitrogen and oxygen atoms in total. The third-order valence-corrected chi connectivity index (χ3v) is 6.67. The molecule has 2 unspecified atom stereocenters. The number of thioether (sulfide) groups is 1. The number of nitrogens with zero attached hydrogens (tertiary/aromatic N) is 1. The van der Waals surface area contributed by atoms with Crippen molar-refractivity contribution in [3.8, 4) is 0 Å². The van der Waals surface area contributed by atoms with Gasteiger partial charge in [-0.05, 0) is 56.2 Å². The number of piperidine rings is 1. The van der Waals surface area contributed by atoms with Crippen molar-refractivity contribution >= 4 is 27.7 Å². The zero-order valence-electron chi connectivity index (χ0n) is 12.4. The van der Waals surface area contributed by atoms with Crippen LogP contribution in [0.2, 0.25) is 0 Å². The van der Waals surface area contributed by atoms with E-state index in [-0.39, 0.29) is 10.8 Å². The van der Waals surface area contributed by atoms with Gasteiger partial charge in [0.15, 0.2) is 0 Å². The second-order valence-corrected chi connectivity index (χ2v) is 8.70. The fraction of sp³-hybridized carbons (Fsp3) is 0.533. The van der Waals surface area contributed by atoms with E-state index < -0.39 is 10.0 Å². The molecule has 2 aliphatic rings. The molecule has 2 atom stereocenters. The normalized spacial score (nSPS) is 27.9. The first-order chi connectivity index (χ1) is 10.4. The summed E-state index contributed by atoms with van der Waals surface area (Å²) in [6.45, 7) is 0. The molecule has 1 aromatic carbocycles. The van der Waals surface area contributed by atoms with Crippen LogP contribution in [0.5, 0.6) is 0 Å². The van der Waals surface area contributed by atoms with Crippen LogP contribution >= 0.6 is 11.8 Å². The van der Waals surface area contributed by atoms with Gasteiger partial charge in [0.2, 0.25) is 10.0 Å². The summed E-state index contributed by atoms with van der Waals surface area (Å²) in [4.78, 5) is 14.8. The fourth-order valence-corrected chi connectivity index (χ4v) is 4.93. The number of amides is 1. The van der Waals surface area contributed by atoms with Gasteiger partial charge in [-0.25, -0.2) is 13.6 Å². The van der Waals surface area contributed by atoms with E-state index in [1.807, 2.05) is 16.7 Å². The van der Waals surface area contributed by atoms with Crippen molar-refractivity contribution in [2.75, 3.05) is 6.26 Å². The number of nitrogens with two attached hydrogens (primary N) is 1. The summed E-state index contributed by atoms with van der Waals surface area (Å²) in [5.41, 5.74) is 0.534. The van der Waals surface area contributed by atoms with Gasteiger partial charge in [-0.15, -0.1) is 0 Å². The second kappa shape index (κ2) is 5.86. The van der Waals surface area contributed by atoms with E-state index in [0.717, 1.165) is 25.7 Å². The number of benzene rings is 1. The van der Waals surface area contributed by atoms with Crippen molar-refractivity contribution in [2.45, 2.75) is 47.9 Å². The lowest BCUT2D eigenvalue weighted by molar-refractivity contribution is 0.0601. The molecule has 3 rings (SSSR count). The largest absolute Gasteiger partial charge is 0.333 e. The van der Waals surface area contributed by atoms with Crippen LogP contribution in [0.4, 0.5) is 0 Å². The predicted molar refractivity (Wildman–Crippen MR) is 87.3 cm³/mol. The summed E-state index contributed by atoms with van der Waals surface area (Å²) >= 11 is 1.89. The molecule has 2 aliphatic heterocycles. The summed E-state index contributed by atoms with van der Waals surface area (Å²) in [6.07, 6.45) is 6.39. The molecule has 1 aromatic rings. The number of sulfonamides is 1. The van der Waals surface area contributed by atoms with Crippen molar-refractivity contribution < 1.29 is 13.2 Å². The van der Waals surface area contributed by atoms with Crippen LogP contribution in [0.25, 0.3) is 0 Å². The van der Waals surface area contributed by atoms with Crippen LogP contribution in [0.15, 0.2) is 29.2 Å². The number of hydrogen-bond acceptors (Lipinski definition) is 4. The van der Waals surface area contributed by atoms with Gasteiger partial charge in [-0.3, -0.25) is 4.79 Å². The van der Waals surface area contributed by atoms with E-state index in [4.69, 9.17) is 5.14 Å². The number of hydrogen-bond donors (Lipinski definition) is 1. The second-order valence-electron chi connectivity index (χ2n) is 6.00. The number of carbonyl (C=O) groups is 1. The number of fused-ring (bicyclic) bond motifs is 2. The van der Waals surface area contributed by atoms with Crippen molar-refractivity contribution in [1.82, 2.24) is 4.90 Å². The molecule has 2 heterocycles. The number of primary sulfonamides is 1. The lowest BCUT2D eigenvalue weighted by Crippen LogP contribution is -2.47. The van der Waals surface area contributed by atoms with Gasteiger partial charge < -0.3 is 4.90 Å². The van der Waals surface area contributed by atoms with Gasteiger partial charge in [0.05, 0.1) is 4.90 Å². The summed E-state index contributed by atoms with van der Waals surface area (Å²) in [5.74, 6) is 0.00743. The zero-order valence-corrected chi connectivity index (χ0v) is 14.1. The summed E-state index contributed by atoms with van der Waals surface area (Å²) in [7, 11) is -3.72. The maximum Gasteiger partial charge on any atom is 0.254 e. The fourth-order valence-electron chi connectivity index (χ4n) is 3.59. The van der Waals surface area contributed by atoms with Crippen LogP contribution in [-0.4, -0.2) is 42.8 Å². The Kier molecular flexibility index (Phi) is 4.22. The van der Waals surface area contributed by atoms with E-state index >= 15 is 0 Å². The minimum absolute atomic E-state index is 0.00743. The van der Waals surface area contributed by atoms with E-state index in [0.29, 0.717) is 22.9 Å². The number of rotatable bonds is 3. The van der Waals surface area contributed by atoms with E-state index in [1.165, 1.54) is 12.1 Å². The number of carbonyl (C=O) groups excluding carboxylic acids is 1. The molecular weight excluding hydrogens is 320 g/mol. The molecule has 0 aliphatic carbocycles. The van der Waals surface area contributed by atoms with E-state index in [9.17, 15) is 13.2 Å². The Bertz CT molecular complexity index is 659. The minimum Gasteiger partial charge on any atom is -0.333 e. The highest BCUT2D eigenvalue weighted by atomic mass is 32.2. The average Bonchev–Trinajstić information content (AvgIpc) is 2.75. The van der Waals surface area contributed by atoms with Crippen LogP contribution in [0, 0.1) is 0 Å². The Balaban J connectivity index is 1.80. The van der Waals surface area contributed by atoms with Crippen molar-refractivity contribution in [3.05, 3.63) is 29.8 Å².